The average Bonchev–Trinajstić information content (AvgIpc) is 3.13. The molecule has 0 unspecified atom stereocenters. The standard InChI is InChI=1S/C14H17NO/c1-15(14(16)13-9-10-13)11-5-8-12-6-3-2-4-7-12/h2-8,13H,9-11H2,1H3/b8-5+. The Morgan fingerprint density at radius 1 is 1.38 bits per heavy atom. The third kappa shape index (κ3) is 2.96. The predicted molar refractivity (Wildman–Crippen MR) is 65.8 cm³/mol. The zero-order valence-corrected chi connectivity index (χ0v) is 9.60. The number of amides is 1. The molecule has 1 aliphatic rings. The molecule has 1 saturated carbocycles. The van der Waals surface area contributed by atoms with Crippen LogP contribution in [0.15, 0.2) is 36.4 Å². The SMILES string of the molecule is CN(C/C=C/c1ccccc1)C(=O)C1CC1. The van der Waals surface area contributed by atoms with E-state index in [-0.39, 0.29) is 5.91 Å². The number of hydrogen-bond acceptors (Lipinski definition) is 1. The van der Waals surface area contributed by atoms with Gasteiger partial charge in [0.05, 0.1) is 0 Å². The van der Waals surface area contributed by atoms with E-state index in [1.165, 1.54) is 5.56 Å². The van der Waals surface area contributed by atoms with Gasteiger partial charge in [0.2, 0.25) is 5.91 Å². The lowest BCUT2D eigenvalue weighted by atomic mass is 10.2. The molecular formula is C14H17NO. The molecular weight excluding hydrogens is 198 g/mol. The molecule has 0 aromatic heterocycles. The van der Waals surface area contributed by atoms with Crippen molar-refractivity contribution in [2.75, 3.05) is 13.6 Å². The summed E-state index contributed by atoms with van der Waals surface area (Å²) in [4.78, 5) is 13.4. The second kappa shape index (κ2) is 4.97. The second-order valence-electron chi connectivity index (χ2n) is 4.31. The Morgan fingerprint density at radius 2 is 2.06 bits per heavy atom. The highest BCUT2D eigenvalue weighted by Gasteiger charge is 2.31. The van der Waals surface area contributed by atoms with Crippen LogP contribution in [0, 0.1) is 5.92 Å². The van der Waals surface area contributed by atoms with Gasteiger partial charge in [-0.25, -0.2) is 0 Å². The number of benzene rings is 1. The van der Waals surface area contributed by atoms with Gasteiger partial charge in [0.1, 0.15) is 0 Å². The van der Waals surface area contributed by atoms with E-state index in [1.807, 2.05) is 31.3 Å². The van der Waals surface area contributed by atoms with Gasteiger partial charge in [0, 0.05) is 19.5 Å². The molecule has 0 aliphatic heterocycles. The lowest BCUT2D eigenvalue weighted by Crippen LogP contribution is -2.27. The first-order valence-electron chi connectivity index (χ1n) is 5.74. The van der Waals surface area contributed by atoms with Gasteiger partial charge < -0.3 is 4.90 Å². The Hall–Kier alpha value is -1.57. The normalized spacial score (nSPS) is 15.3. The molecule has 16 heavy (non-hydrogen) atoms. The maximum Gasteiger partial charge on any atom is 0.225 e. The predicted octanol–water partition coefficient (Wildman–Crippen LogP) is 2.57. The van der Waals surface area contributed by atoms with Crippen molar-refractivity contribution in [3.8, 4) is 0 Å². The molecule has 0 spiro atoms. The van der Waals surface area contributed by atoms with E-state index >= 15 is 0 Å². The summed E-state index contributed by atoms with van der Waals surface area (Å²) < 4.78 is 0. The summed E-state index contributed by atoms with van der Waals surface area (Å²) in [7, 11) is 1.87. The highest BCUT2D eigenvalue weighted by atomic mass is 16.2. The number of nitrogens with zero attached hydrogens (tertiary/aromatic N) is 1. The van der Waals surface area contributed by atoms with E-state index in [4.69, 9.17) is 0 Å². The molecule has 1 amide bonds. The number of likely N-dealkylation sites (N-methyl/N-ethyl adjacent to an activating group) is 1. The van der Waals surface area contributed by atoms with Crippen LogP contribution < -0.4 is 0 Å². The molecule has 1 fully saturated rings. The van der Waals surface area contributed by atoms with Gasteiger partial charge >= 0.3 is 0 Å². The second-order valence-corrected chi connectivity index (χ2v) is 4.31. The van der Waals surface area contributed by atoms with E-state index in [2.05, 4.69) is 18.2 Å². The fourth-order valence-corrected chi connectivity index (χ4v) is 1.64. The maximum atomic E-state index is 11.6. The van der Waals surface area contributed by atoms with Crippen molar-refractivity contribution in [2.24, 2.45) is 5.92 Å². The number of carbonyl (C=O) groups excluding carboxylic acids is 1. The first-order chi connectivity index (χ1) is 7.77. The molecule has 2 nitrogen and oxygen atoms in total. The van der Waals surface area contributed by atoms with Gasteiger partial charge in [0.25, 0.3) is 0 Å². The van der Waals surface area contributed by atoms with Gasteiger partial charge in [-0.3, -0.25) is 4.79 Å². The third-order valence-corrected chi connectivity index (χ3v) is 2.79. The molecule has 84 valence electrons. The minimum atomic E-state index is 0.290. The average molecular weight is 215 g/mol. The Bertz CT molecular complexity index is 379. The van der Waals surface area contributed by atoms with Crippen molar-refractivity contribution in [3.63, 3.8) is 0 Å². The number of rotatable bonds is 4. The van der Waals surface area contributed by atoms with E-state index in [0.29, 0.717) is 12.5 Å². The summed E-state index contributed by atoms with van der Waals surface area (Å²) in [6.45, 7) is 0.699. The monoisotopic (exact) mass is 215 g/mol. The van der Waals surface area contributed by atoms with Crippen LogP contribution in [0.2, 0.25) is 0 Å². The van der Waals surface area contributed by atoms with Crippen molar-refractivity contribution in [1.29, 1.82) is 0 Å². The van der Waals surface area contributed by atoms with Crippen molar-refractivity contribution in [1.82, 2.24) is 4.90 Å². The van der Waals surface area contributed by atoms with Crippen molar-refractivity contribution < 1.29 is 4.79 Å². The molecule has 0 atom stereocenters. The molecule has 0 bridgehead atoms. The molecule has 0 saturated heterocycles. The maximum absolute atomic E-state index is 11.6. The minimum Gasteiger partial charge on any atom is -0.342 e. The molecule has 0 N–H and O–H groups in total. The summed E-state index contributed by atoms with van der Waals surface area (Å²) in [6, 6.07) is 10.1. The molecule has 1 aromatic rings. The molecule has 2 heteroatoms. The van der Waals surface area contributed by atoms with Crippen LogP contribution >= 0.6 is 0 Å². The van der Waals surface area contributed by atoms with E-state index in [1.54, 1.807) is 4.90 Å². The minimum absolute atomic E-state index is 0.290. The van der Waals surface area contributed by atoms with Crippen LogP contribution in [0.25, 0.3) is 6.08 Å². The summed E-state index contributed by atoms with van der Waals surface area (Å²) in [5.41, 5.74) is 1.18. The van der Waals surface area contributed by atoms with E-state index in [9.17, 15) is 4.79 Å². The third-order valence-electron chi connectivity index (χ3n) is 2.79. The fraction of sp³-hybridized carbons (Fsp3) is 0.357. The van der Waals surface area contributed by atoms with Gasteiger partial charge in [-0.05, 0) is 18.4 Å². The summed E-state index contributed by atoms with van der Waals surface area (Å²) in [6.07, 6.45) is 6.24. The Labute approximate surface area is 96.6 Å². The highest BCUT2D eigenvalue weighted by molar-refractivity contribution is 5.81. The Kier molecular flexibility index (Phi) is 3.40. The van der Waals surface area contributed by atoms with Crippen LogP contribution in [-0.2, 0) is 4.79 Å². The van der Waals surface area contributed by atoms with Gasteiger partial charge in [0.15, 0.2) is 0 Å². The Balaban J connectivity index is 1.82. The van der Waals surface area contributed by atoms with Gasteiger partial charge in [-0.2, -0.15) is 0 Å². The van der Waals surface area contributed by atoms with Crippen LogP contribution in [0.4, 0.5) is 0 Å². The topological polar surface area (TPSA) is 20.3 Å². The Morgan fingerprint density at radius 3 is 2.69 bits per heavy atom. The van der Waals surface area contributed by atoms with Gasteiger partial charge in [-0.1, -0.05) is 42.5 Å². The van der Waals surface area contributed by atoms with Crippen molar-refractivity contribution in [3.05, 3.63) is 42.0 Å². The van der Waals surface area contributed by atoms with E-state index < -0.39 is 0 Å². The molecule has 2 rings (SSSR count). The van der Waals surface area contributed by atoms with Gasteiger partial charge in [-0.15, -0.1) is 0 Å². The van der Waals surface area contributed by atoms with Crippen LogP contribution in [-0.4, -0.2) is 24.4 Å². The summed E-state index contributed by atoms with van der Waals surface area (Å²) in [5.74, 6) is 0.604. The van der Waals surface area contributed by atoms with Crippen molar-refractivity contribution >= 4 is 12.0 Å². The highest BCUT2D eigenvalue weighted by Crippen LogP contribution is 2.30. The largest absolute Gasteiger partial charge is 0.342 e. The van der Waals surface area contributed by atoms with Crippen LogP contribution in [0.1, 0.15) is 18.4 Å². The number of carbonyl (C=O) groups is 1. The van der Waals surface area contributed by atoms with Crippen LogP contribution in [0.3, 0.4) is 0 Å². The van der Waals surface area contributed by atoms with E-state index in [0.717, 1.165) is 12.8 Å². The summed E-state index contributed by atoms with van der Waals surface area (Å²) >= 11 is 0. The zero-order chi connectivity index (χ0) is 11.4. The lowest BCUT2D eigenvalue weighted by Gasteiger charge is -2.13. The molecule has 1 aliphatic carbocycles. The molecule has 1 aromatic carbocycles. The number of hydrogen-bond donors (Lipinski definition) is 0. The fourth-order valence-electron chi connectivity index (χ4n) is 1.64. The smallest absolute Gasteiger partial charge is 0.225 e. The quantitative estimate of drug-likeness (QED) is 0.756. The molecule has 0 radical (unpaired) electrons. The lowest BCUT2D eigenvalue weighted by molar-refractivity contribution is -0.130. The first-order valence-corrected chi connectivity index (χ1v) is 5.74. The first kappa shape index (κ1) is 10.9. The van der Waals surface area contributed by atoms with Crippen molar-refractivity contribution in [2.45, 2.75) is 12.8 Å². The zero-order valence-electron chi connectivity index (χ0n) is 9.60. The van der Waals surface area contributed by atoms with Crippen LogP contribution in [0.5, 0.6) is 0 Å². The molecule has 0 heterocycles. The summed E-state index contributed by atoms with van der Waals surface area (Å²) in [5, 5.41) is 0.